The number of hydrogen-bond acceptors (Lipinski definition) is 19. The summed E-state index contributed by atoms with van der Waals surface area (Å²) in [7, 11) is -14.5. The number of anilines is 1. The normalized spacial score (nSPS) is 12.1. The average Bonchev–Trinajstić information content (AvgIpc) is 2.98. The second-order valence-corrected chi connectivity index (χ2v) is 14.5. The molecule has 0 saturated carbocycles. The van der Waals surface area contributed by atoms with Crippen molar-refractivity contribution >= 4 is 81.6 Å². The zero-order valence-electron chi connectivity index (χ0n) is 26.5. The molecule has 18 nitrogen and oxygen atoms in total. The Hall–Kier alpha value is -1.10. The fourth-order valence-electron chi connectivity index (χ4n) is 3.93. The first-order valence-electron chi connectivity index (χ1n) is 12.5. The molecule has 0 aromatic heterocycles. The summed E-state index contributed by atoms with van der Waals surface area (Å²) in [5, 5.41) is 40.5. The molecular formula is C25H20N5Na3O13S4. The molecule has 0 heterocycles. The van der Waals surface area contributed by atoms with E-state index < -0.39 is 64.7 Å². The van der Waals surface area contributed by atoms with E-state index in [2.05, 4.69) is 34.0 Å². The van der Waals surface area contributed by atoms with E-state index in [1.54, 1.807) is 24.3 Å². The van der Waals surface area contributed by atoms with Gasteiger partial charge in [-0.05, 0) is 60.8 Å². The van der Waals surface area contributed by atoms with Gasteiger partial charge in [-0.2, -0.15) is 14.6 Å². The number of nitrogens with two attached hydrogens (primary N) is 1. The van der Waals surface area contributed by atoms with E-state index >= 15 is 0 Å². The molecule has 0 aliphatic rings. The summed E-state index contributed by atoms with van der Waals surface area (Å²) in [6, 6.07) is 13.3. The van der Waals surface area contributed by atoms with Gasteiger partial charge in [0.15, 0.2) is 15.6 Å². The van der Waals surface area contributed by atoms with Gasteiger partial charge in [-0.25, -0.2) is 25.3 Å². The van der Waals surface area contributed by atoms with Gasteiger partial charge in [0.05, 0.1) is 61.5 Å². The van der Waals surface area contributed by atoms with Crippen molar-refractivity contribution in [2.75, 3.05) is 18.1 Å². The maximum atomic E-state index is 12.4. The van der Waals surface area contributed by atoms with Crippen LogP contribution in [0.3, 0.4) is 0 Å². The van der Waals surface area contributed by atoms with E-state index in [1.165, 1.54) is 6.07 Å². The predicted molar refractivity (Wildman–Crippen MR) is 160 cm³/mol. The molecule has 0 saturated heterocycles. The number of azo groups is 2. The first kappa shape index (κ1) is 46.9. The van der Waals surface area contributed by atoms with Crippen molar-refractivity contribution in [1.29, 1.82) is 0 Å². The molecule has 0 aliphatic heterocycles. The Labute approximate surface area is 356 Å². The summed E-state index contributed by atoms with van der Waals surface area (Å²) in [5.74, 6) is -1.50. The van der Waals surface area contributed by atoms with Gasteiger partial charge >= 0.3 is 88.7 Å². The molecule has 0 fully saturated rings. The number of benzene rings is 4. The molecule has 0 unspecified atom stereocenters. The Kier molecular flexibility index (Phi) is 18.6. The number of rotatable bonds is 13. The molecule has 4 rings (SSSR count). The maximum absolute atomic E-state index is 12.4. The predicted octanol–water partition coefficient (Wildman–Crippen LogP) is -5.34. The minimum atomic E-state index is -5.28. The van der Waals surface area contributed by atoms with Gasteiger partial charge in [-0.1, -0.05) is 17.7 Å². The zero-order chi connectivity index (χ0) is 34.6. The third-order valence-electron chi connectivity index (χ3n) is 6.08. The van der Waals surface area contributed by atoms with E-state index in [0.717, 1.165) is 35.9 Å². The monoisotopic (exact) mass is 795 g/mol. The number of aromatic hydroxyl groups is 1. The Morgan fingerprint density at radius 2 is 1.36 bits per heavy atom. The Balaban J connectivity index is 0.00000417. The molecule has 0 spiro atoms. The SMILES string of the molecule is Cc1ccc(N=Nc2c(SOO[O-])cc3cc(S(=O)(=O)[O-])c(N=Nc4ccc(S(=O)(=O)CCOS(=O)(=O)[O-])cc4)c(N)c3c2O)cc1.[Na+].[Na+].[Na+]. The molecule has 250 valence electrons. The fraction of sp³-hybridized carbons (Fsp3) is 0.120. The van der Waals surface area contributed by atoms with Gasteiger partial charge in [-0.3, -0.25) is 9.22 Å². The van der Waals surface area contributed by atoms with Crippen molar-refractivity contribution in [3.8, 4) is 5.75 Å². The number of aryl methyl sites for hydroxylation is 1. The molecule has 25 heteroatoms. The number of fused-ring (bicyclic) bond motifs is 1. The molecule has 0 atom stereocenters. The van der Waals surface area contributed by atoms with Gasteiger partial charge in [0.1, 0.15) is 21.5 Å². The van der Waals surface area contributed by atoms with Crippen molar-refractivity contribution in [2.45, 2.75) is 21.6 Å². The number of phenolic OH excluding ortho intramolecular Hbond substituents is 1. The fourth-order valence-corrected chi connectivity index (χ4v) is 6.56. The quantitative estimate of drug-likeness (QED) is 0.0187. The van der Waals surface area contributed by atoms with Crippen LogP contribution in [0.1, 0.15) is 5.56 Å². The molecule has 4 aromatic carbocycles. The average molecular weight is 796 g/mol. The molecule has 0 aliphatic carbocycles. The zero-order valence-corrected chi connectivity index (χ0v) is 35.8. The van der Waals surface area contributed by atoms with Gasteiger partial charge in [0.25, 0.3) is 0 Å². The molecule has 0 amide bonds. The van der Waals surface area contributed by atoms with Crippen molar-refractivity contribution in [1.82, 2.24) is 0 Å². The minimum absolute atomic E-state index is 0. The van der Waals surface area contributed by atoms with Crippen molar-refractivity contribution in [2.24, 2.45) is 20.5 Å². The van der Waals surface area contributed by atoms with Gasteiger partial charge < -0.3 is 25.2 Å². The van der Waals surface area contributed by atoms with Crippen molar-refractivity contribution in [3.05, 3.63) is 66.2 Å². The topological polar surface area (TPSA) is 295 Å². The second-order valence-electron chi connectivity index (χ2n) is 9.26. The third-order valence-corrected chi connectivity index (χ3v) is 9.69. The van der Waals surface area contributed by atoms with Crippen molar-refractivity contribution < 1.29 is 147 Å². The van der Waals surface area contributed by atoms with Crippen LogP contribution in [0.2, 0.25) is 0 Å². The summed E-state index contributed by atoms with van der Waals surface area (Å²) in [6.45, 7) is 0.942. The Morgan fingerprint density at radius 1 is 0.820 bits per heavy atom. The Bertz CT molecular complexity index is 2210. The molecule has 4 aromatic rings. The van der Waals surface area contributed by atoms with E-state index in [0.29, 0.717) is 17.7 Å². The van der Waals surface area contributed by atoms with Gasteiger partial charge in [0.2, 0.25) is 10.4 Å². The minimum Gasteiger partial charge on any atom is -0.744 e. The van der Waals surface area contributed by atoms with Crippen LogP contribution in [-0.2, 0) is 43.9 Å². The van der Waals surface area contributed by atoms with Crippen LogP contribution in [0.5, 0.6) is 5.75 Å². The van der Waals surface area contributed by atoms with Crippen LogP contribution < -0.4 is 99.7 Å². The summed E-state index contributed by atoms with van der Waals surface area (Å²) in [5.41, 5.74) is 6.03. The summed E-state index contributed by atoms with van der Waals surface area (Å²) < 4.78 is 101. The van der Waals surface area contributed by atoms with E-state index in [4.69, 9.17) is 5.73 Å². The number of hydrogen-bond donors (Lipinski definition) is 2. The van der Waals surface area contributed by atoms with Crippen LogP contribution in [0, 0.1) is 6.92 Å². The smallest absolute Gasteiger partial charge is 0.744 e. The van der Waals surface area contributed by atoms with E-state index in [1.807, 2.05) is 6.92 Å². The standard InChI is InChI=1S/C25H23N5O13S4.3Na/c1-14-2-4-16(5-3-14)27-29-23-19(44-43-42-32)12-15-13-20(46(35,36)37)24(22(26)21(15)25(23)31)30-28-17-6-8-18(9-7-17)45(33,34)11-10-41-47(38,39)40;;;/h2-9,12-13,31-32H,10-11,26H2,1H3,(H,35,36,37)(H,38,39,40);;;/q;3*+1/p-3. The molecular weight excluding hydrogens is 776 g/mol. The van der Waals surface area contributed by atoms with Crippen LogP contribution >= 0.6 is 12.0 Å². The molecule has 3 N–H and O–H groups in total. The summed E-state index contributed by atoms with van der Waals surface area (Å²) in [4.78, 5) is -1.32. The van der Waals surface area contributed by atoms with E-state index in [9.17, 15) is 44.7 Å². The largest absolute Gasteiger partial charge is 1.00 e. The molecule has 50 heavy (non-hydrogen) atoms. The number of nitrogens with zero attached hydrogens (tertiary/aromatic N) is 4. The maximum Gasteiger partial charge on any atom is 1.00 e. The number of nitrogen functional groups attached to an aromatic ring is 1. The Morgan fingerprint density at radius 3 is 1.88 bits per heavy atom. The summed E-state index contributed by atoms with van der Waals surface area (Å²) >= 11 is 0.303. The summed E-state index contributed by atoms with van der Waals surface area (Å²) in [6.07, 6.45) is 0. The second kappa shape index (κ2) is 19.8. The molecule has 0 bridgehead atoms. The van der Waals surface area contributed by atoms with Crippen LogP contribution in [0.15, 0.2) is 95.8 Å². The van der Waals surface area contributed by atoms with Crippen molar-refractivity contribution in [3.63, 3.8) is 0 Å². The number of phenols is 1. The van der Waals surface area contributed by atoms with Gasteiger partial charge in [-0.15, -0.1) is 10.2 Å². The van der Waals surface area contributed by atoms with Crippen LogP contribution in [-0.4, -0.2) is 51.8 Å². The van der Waals surface area contributed by atoms with Crippen LogP contribution in [0.4, 0.5) is 28.4 Å². The number of sulfone groups is 1. The first-order chi connectivity index (χ1) is 22.0. The van der Waals surface area contributed by atoms with Crippen LogP contribution in [0.25, 0.3) is 10.8 Å². The van der Waals surface area contributed by atoms with Gasteiger partial charge in [0, 0.05) is 0 Å². The molecule has 0 radical (unpaired) electrons. The third kappa shape index (κ3) is 12.5. The first-order valence-corrected chi connectivity index (χ1v) is 17.7. The van der Waals surface area contributed by atoms with E-state index in [-0.39, 0.29) is 121 Å².